The van der Waals surface area contributed by atoms with Crippen molar-refractivity contribution in [2.24, 2.45) is 5.73 Å². The molecule has 2 rings (SSSR count). The Morgan fingerprint density at radius 3 is 2.32 bits per heavy atom. The summed E-state index contributed by atoms with van der Waals surface area (Å²) in [6.45, 7) is 3.11. The predicted octanol–water partition coefficient (Wildman–Crippen LogP) is 0.181. The van der Waals surface area contributed by atoms with Crippen LogP contribution in [0.5, 0.6) is 0 Å². The van der Waals surface area contributed by atoms with Gasteiger partial charge in [0.15, 0.2) is 6.23 Å². The van der Waals surface area contributed by atoms with Crippen molar-refractivity contribution < 1.29 is 30.1 Å². The number of esters is 1. The summed E-state index contributed by atoms with van der Waals surface area (Å²) in [4.78, 5) is 36.5. The molecule has 2 aliphatic rings. The van der Waals surface area contributed by atoms with E-state index in [0.717, 1.165) is 23.3 Å². The van der Waals surface area contributed by atoms with Gasteiger partial charge in [-0.25, -0.2) is 9.69 Å². The van der Waals surface area contributed by atoms with Crippen LogP contribution in [0.2, 0.25) is 0 Å². The maximum atomic E-state index is 12.3. The number of ether oxygens (including phenoxy) is 1. The van der Waals surface area contributed by atoms with Crippen LogP contribution in [0.15, 0.2) is 23.8 Å². The van der Waals surface area contributed by atoms with Crippen molar-refractivity contribution in [2.45, 2.75) is 57.7 Å². The van der Waals surface area contributed by atoms with E-state index in [-0.39, 0.29) is 48.0 Å². The average Bonchev–Trinajstić information content (AvgIpc) is 2.78. The van der Waals surface area contributed by atoms with Gasteiger partial charge in [0.1, 0.15) is 5.54 Å². The number of carbonyl (C=O) groups excluding carboxylic acids is 3. The highest BCUT2D eigenvalue weighted by Gasteiger charge is 2.38. The molecule has 1 aliphatic carbocycles. The van der Waals surface area contributed by atoms with Crippen molar-refractivity contribution in [1.29, 1.82) is 0 Å². The number of amides is 2. The van der Waals surface area contributed by atoms with E-state index in [9.17, 15) is 14.4 Å². The molecule has 6 N–H and O–H groups in total. The van der Waals surface area contributed by atoms with E-state index in [0.29, 0.717) is 6.42 Å². The summed E-state index contributed by atoms with van der Waals surface area (Å²) < 4.78 is 5.25. The fourth-order valence-electron chi connectivity index (χ4n) is 2.64. The normalized spacial score (nSPS) is 19.6. The first kappa shape index (κ1) is 25.5. The quantitative estimate of drug-likeness (QED) is 0.534. The topological polar surface area (TPSA) is 153 Å². The third kappa shape index (κ3) is 6.24. The SMILES string of the molecule is CC(OC(=O)[C@@](C)(N)CC1=CCCC=C1)N1C(=O)CCC1=O.Cl.O.O. The zero-order valence-corrected chi connectivity index (χ0v) is 15.2. The zero-order chi connectivity index (χ0) is 16.3. The van der Waals surface area contributed by atoms with Crippen molar-refractivity contribution in [3.05, 3.63) is 23.8 Å². The Kier molecular flexibility index (Phi) is 10.5. The van der Waals surface area contributed by atoms with Crippen LogP contribution < -0.4 is 5.73 Å². The van der Waals surface area contributed by atoms with Gasteiger partial charge in [-0.2, -0.15) is 0 Å². The number of hydrogen-bond acceptors (Lipinski definition) is 5. The second-order valence-electron chi connectivity index (χ2n) is 6.02. The molecule has 1 fully saturated rings. The molecule has 0 bridgehead atoms. The van der Waals surface area contributed by atoms with Crippen LogP contribution >= 0.6 is 12.4 Å². The zero-order valence-electron chi connectivity index (χ0n) is 14.4. The minimum Gasteiger partial charge on any atom is -0.440 e. The third-order valence-electron chi connectivity index (χ3n) is 3.84. The van der Waals surface area contributed by atoms with Gasteiger partial charge in [0.2, 0.25) is 11.8 Å². The second-order valence-corrected chi connectivity index (χ2v) is 6.02. The highest BCUT2D eigenvalue weighted by Crippen LogP contribution is 2.22. The molecular weight excluding hydrogens is 352 g/mol. The molecule has 1 aliphatic heterocycles. The van der Waals surface area contributed by atoms with Crippen LogP contribution in [0.4, 0.5) is 0 Å². The average molecular weight is 379 g/mol. The molecule has 0 radical (unpaired) electrons. The van der Waals surface area contributed by atoms with E-state index >= 15 is 0 Å². The minimum absolute atomic E-state index is 0. The third-order valence-corrected chi connectivity index (χ3v) is 3.84. The van der Waals surface area contributed by atoms with E-state index < -0.39 is 17.7 Å². The molecule has 0 spiro atoms. The second kappa shape index (κ2) is 10.3. The first-order valence-corrected chi connectivity index (χ1v) is 7.52. The van der Waals surface area contributed by atoms with E-state index in [1.165, 1.54) is 6.92 Å². The Morgan fingerprint density at radius 1 is 1.28 bits per heavy atom. The minimum atomic E-state index is -1.20. The van der Waals surface area contributed by atoms with Crippen molar-refractivity contribution in [3.8, 4) is 0 Å². The van der Waals surface area contributed by atoms with Gasteiger partial charge in [-0.15, -0.1) is 12.4 Å². The van der Waals surface area contributed by atoms with E-state index in [4.69, 9.17) is 10.5 Å². The molecule has 0 aromatic rings. The van der Waals surface area contributed by atoms with E-state index in [2.05, 4.69) is 6.08 Å². The van der Waals surface area contributed by atoms with Gasteiger partial charge >= 0.3 is 5.97 Å². The Hall–Kier alpha value is -1.74. The molecule has 0 aromatic heterocycles. The number of imide groups is 1. The highest BCUT2D eigenvalue weighted by atomic mass is 35.5. The maximum Gasteiger partial charge on any atom is 0.328 e. The molecule has 1 heterocycles. The van der Waals surface area contributed by atoms with Crippen molar-refractivity contribution in [3.63, 3.8) is 0 Å². The summed E-state index contributed by atoms with van der Waals surface area (Å²) in [6.07, 6.45) is 7.74. The molecule has 8 nitrogen and oxygen atoms in total. The molecule has 1 unspecified atom stereocenters. The summed E-state index contributed by atoms with van der Waals surface area (Å²) in [6, 6.07) is 0. The van der Waals surface area contributed by atoms with Crippen LogP contribution in [-0.2, 0) is 19.1 Å². The number of allylic oxidation sites excluding steroid dienone is 3. The van der Waals surface area contributed by atoms with Crippen molar-refractivity contribution in [2.75, 3.05) is 0 Å². The lowest BCUT2D eigenvalue weighted by Gasteiger charge is -2.28. The molecule has 2 amide bonds. The molecule has 0 saturated carbocycles. The number of rotatable bonds is 5. The first-order valence-electron chi connectivity index (χ1n) is 7.52. The van der Waals surface area contributed by atoms with Gasteiger partial charge < -0.3 is 21.4 Å². The molecule has 1 saturated heterocycles. The molecule has 0 aromatic carbocycles. The lowest BCUT2D eigenvalue weighted by atomic mass is 9.91. The standard InChI is InChI=1S/C16H22N2O4.ClH.2H2O/c1-11(18-13(19)8-9-14(18)20)22-15(21)16(2,17)10-12-6-4-3-5-7-12;;;/h4,6-7,11H,3,5,8-10,17H2,1-2H3;1H;2*1H2/t11?,16-;;;/m0.../s1. The number of nitrogens with zero attached hydrogens (tertiary/aromatic N) is 1. The van der Waals surface area contributed by atoms with Gasteiger partial charge in [-0.1, -0.05) is 18.2 Å². The summed E-state index contributed by atoms with van der Waals surface area (Å²) in [5.41, 5.74) is 5.86. The highest BCUT2D eigenvalue weighted by molar-refractivity contribution is 6.02. The van der Waals surface area contributed by atoms with Gasteiger partial charge in [-0.3, -0.25) is 9.59 Å². The summed E-state index contributed by atoms with van der Waals surface area (Å²) in [5.74, 6) is -1.25. The number of hydrogen-bond donors (Lipinski definition) is 1. The monoisotopic (exact) mass is 378 g/mol. The van der Waals surface area contributed by atoms with Gasteiger partial charge in [0, 0.05) is 19.3 Å². The van der Waals surface area contributed by atoms with Crippen LogP contribution in [-0.4, -0.2) is 45.4 Å². The Bertz CT molecular complexity index is 543. The van der Waals surface area contributed by atoms with Crippen LogP contribution in [0.3, 0.4) is 0 Å². The number of carbonyl (C=O) groups is 3. The molecular formula is C16H27ClN2O6. The summed E-state index contributed by atoms with van der Waals surface area (Å²) in [5, 5.41) is 0. The van der Waals surface area contributed by atoms with Crippen LogP contribution in [0.25, 0.3) is 0 Å². The van der Waals surface area contributed by atoms with Gasteiger partial charge in [0.05, 0.1) is 0 Å². The lowest BCUT2D eigenvalue weighted by molar-refractivity contribution is -0.169. The summed E-state index contributed by atoms with van der Waals surface area (Å²) in [7, 11) is 0. The maximum absolute atomic E-state index is 12.3. The first-order chi connectivity index (χ1) is 10.3. The molecule has 2 atom stereocenters. The van der Waals surface area contributed by atoms with Crippen molar-refractivity contribution in [1.82, 2.24) is 4.90 Å². The molecule has 25 heavy (non-hydrogen) atoms. The number of halogens is 1. The van der Waals surface area contributed by atoms with Crippen molar-refractivity contribution >= 4 is 30.2 Å². The fraction of sp³-hybridized carbons (Fsp3) is 0.562. The van der Waals surface area contributed by atoms with Crippen LogP contribution in [0, 0.1) is 0 Å². The predicted molar refractivity (Wildman–Crippen MR) is 94.8 cm³/mol. The Balaban J connectivity index is 0. The molecule has 144 valence electrons. The largest absolute Gasteiger partial charge is 0.440 e. The smallest absolute Gasteiger partial charge is 0.328 e. The fourth-order valence-corrected chi connectivity index (χ4v) is 2.64. The number of nitrogens with two attached hydrogens (primary N) is 1. The van der Waals surface area contributed by atoms with Gasteiger partial charge in [-0.05, 0) is 32.3 Å². The Labute approximate surface area is 153 Å². The van der Waals surface area contributed by atoms with E-state index in [1.807, 2.05) is 12.2 Å². The lowest BCUT2D eigenvalue weighted by Crippen LogP contribution is -2.50. The van der Waals surface area contributed by atoms with Crippen LogP contribution in [0.1, 0.15) is 46.0 Å². The summed E-state index contributed by atoms with van der Waals surface area (Å²) >= 11 is 0. The molecule has 9 heteroatoms. The van der Waals surface area contributed by atoms with E-state index in [1.54, 1.807) is 6.92 Å². The number of likely N-dealkylation sites (tertiary alicyclic amines) is 1. The van der Waals surface area contributed by atoms with Gasteiger partial charge in [0.25, 0.3) is 0 Å². The Morgan fingerprint density at radius 2 is 1.84 bits per heavy atom.